The molecule has 1 amide bonds. The van der Waals surface area contributed by atoms with E-state index in [-0.39, 0.29) is 5.91 Å². The molecule has 14 heavy (non-hydrogen) atoms. The van der Waals surface area contributed by atoms with Crippen molar-refractivity contribution in [3.63, 3.8) is 0 Å². The van der Waals surface area contributed by atoms with Gasteiger partial charge in [-0.1, -0.05) is 39.7 Å². The molecule has 1 atom stereocenters. The van der Waals surface area contributed by atoms with Gasteiger partial charge in [-0.3, -0.25) is 4.79 Å². The summed E-state index contributed by atoms with van der Waals surface area (Å²) in [5, 5.41) is 0. The number of rotatable bonds is 7. The average molecular weight is 197 g/mol. The fourth-order valence-corrected chi connectivity index (χ4v) is 1.55. The number of nitrogens with zero attached hydrogens (tertiary/aromatic N) is 1. The third-order valence-electron chi connectivity index (χ3n) is 2.63. The van der Waals surface area contributed by atoms with Crippen LogP contribution in [0.15, 0.2) is 12.7 Å². The van der Waals surface area contributed by atoms with Crippen molar-refractivity contribution in [3.05, 3.63) is 12.7 Å². The quantitative estimate of drug-likeness (QED) is 0.575. The molecule has 0 saturated heterocycles. The Balaban J connectivity index is 3.90. The minimum absolute atomic E-state index is 0.0277. The molecular formula is C12H23NO. The Kier molecular flexibility index (Phi) is 7.17. The molecule has 0 fully saturated rings. The van der Waals surface area contributed by atoms with Crippen LogP contribution in [0.2, 0.25) is 0 Å². The van der Waals surface area contributed by atoms with Crippen LogP contribution in [0.25, 0.3) is 0 Å². The molecule has 0 bridgehead atoms. The van der Waals surface area contributed by atoms with Crippen LogP contribution in [0.1, 0.15) is 39.5 Å². The van der Waals surface area contributed by atoms with Crippen LogP contribution in [-0.2, 0) is 4.79 Å². The van der Waals surface area contributed by atoms with Crippen LogP contribution in [0, 0.1) is 5.92 Å². The molecule has 0 aliphatic carbocycles. The molecular weight excluding hydrogens is 174 g/mol. The predicted octanol–water partition coefficient (Wildman–Crippen LogP) is 2.85. The number of carbonyl (C=O) groups is 1. The van der Waals surface area contributed by atoms with Crippen molar-refractivity contribution in [3.8, 4) is 0 Å². The van der Waals surface area contributed by atoms with Gasteiger partial charge in [-0.25, -0.2) is 0 Å². The van der Waals surface area contributed by atoms with Gasteiger partial charge in [0.15, 0.2) is 0 Å². The second-order valence-corrected chi connectivity index (χ2v) is 3.84. The lowest BCUT2D eigenvalue weighted by Gasteiger charge is -2.22. The average Bonchev–Trinajstić information content (AvgIpc) is 2.22. The largest absolute Gasteiger partial charge is 0.342 e. The summed E-state index contributed by atoms with van der Waals surface area (Å²) in [5.41, 5.74) is 0. The SMILES string of the molecule is C=CC(=O)N(C)CC(CC)CCCC. The summed E-state index contributed by atoms with van der Waals surface area (Å²) in [4.78, 5) is 13.0. The molecule has 0 N–H and O–H groups in total. The van der Waals surface area contributed by atoms with E-state index >= 15 is 0 Å². The maximum absolute atomic E-state index is 11.2. The number of hydrogen-bond donors (Lipinski definition) is 0. The van der Waals surface area contributed by atoms with Gasteiger partial charge in [0, 0.05) is 13.6 Å². The smallest absolute Gasteiger partial charge is 0.245 e. The maximum atomic E-state index is 11.2. The molecule has 2 nitrogen and oxygen atoms in total. The molecule has 0 aromatic rings. The number of carbonyl (C=O) groups excluding carboxylic acids is 1. The Labute approximate surface area is 88.0 Å². The number of hydrogen-bond acceptors (Lipinski definition) is 1. The monoisotopic (exact) mass is 197 g/mol. The predicted molar refractivity (Wildman–Crippen MR) is 61.1 cm³/mol. The van der Waals surface area contributed by atoms with Crippen LogP contribution >= 0.6 is 0 Å². The van der Waals surface area contributed by atoms with E-state index in [1.807, 2.05) is 7.05 Å². The van der Waals surface area contributed by atoms with E-state index in [1.165, 1.54) is 25.3 Å². The lowest BCUT2D eigenvalue weighted by molar-refractivity contribution is -0.125. The molecule has 1 unspecified atom stereocenters. The minimum Gasteiger partial charge on any atom is -0.342 e. The minimum atomic E-state index is 0.0277. The normalized spacial score (nSPS) is 12.2. The first-order chi connectivity index (χ1) is 6.65. The van der Waals surface area contributed by atoms with Crippen LogP contribution in [-0.4, -0.2) is 24.4 Å². The fraction of sp³-hybridized carbons (Fsp3) is 0.750. The summed E-state index contributed by atoms with van der Waals surface area (Å²) in [6.45, 7) is 8.73. The van der Waals surface area contributed by atoms with Crippen LogP contribution < -0.4 is 0 Å². The van der Waals surface area contributed by atoms with Gasteiger partial charge >= 0.3 is 0 Å². The molecule has 0 saturated carbocycles. The lowest BCUT2D eigenvalue weighted by Crippen LogP contribution is -2.30. The highest BCUT2D eigenvalue weighted by Crippen LogP contribution is 2.13. The molecule has 0 heterocycles. The van der Waals surface area contributed by atoms with Gasteiger partial charge in [0.2, 0.25) is 5.91 Å². The van der Waals surface area contributed by atoms with Gasteiger partial charge in [-0.2, -0.15) is 0 Å². The Bertz CT molecular complexity index is 177. The zero-order valence-corrected chi connectivity index (χ0v) is 9.75. The Morgan fingerprint density at radius 3 is 2.57 bits per heavy atom. The van der Waals surface area contributed by atoms with Gasteiger partial charge in [0.05, 0.1) is 0 Å². The van der Waals surface area contributed by atoms with Gasteiger partial charge in [-0.15, -0.1) is 0 Å². The summed E-state index contributed by atoms with van der Waals surface area (Å²) in [6.07, 6.45) is 6.24. The molecule has 0 aromatic heterocycles. The van der Waals surface area contributed by atoms with Crippen LogP contribution in [0.5, 0.6) is 0 Å². The zero-order valence-electron chi connectivity index (χ0n) is 9.75. The van der Waals surface area contributed by atoms with Crippen molar-refractivity contribution in [2.75, 3.05) is 13.6 Å². The van der Waals surface area contributed by atoms with Gasteiger partial charge < -0.3 is 4.90 Å². The van der Waals surface area contributed by atoms with Crippen molar-refractivity contribution in [2.45, 2.75) is 39.5 Å². The van der Waals surface area contributed by atoms with Crippen molar-refractivity contribution in [1.82, 2.24) is 4.90 Å². The molecule has 0 aliphatic rings. The first kappa shape index (κ1) is 13.2. The Hall–Kier alpha value is -0.790. The van der Waals surface area contributed by atoms with Crippen molar-refractivity contribution < 1.29 is 4.79 Å². The molecule has 0 aromatic carbocycles. The number of likely N-dealkylation sites (N-methyl/N-ethyl adjacent to an activating group) is 1. The molecule has 0 rings (SSSR count). The lowest BCUT2D eigenvalue weighted by atomic mass is 9.99. The third-order valence-corrected chi connectivity index (χ3v) is 2.63. The van der Waals surface area contributed by atoms with Crippen LogP contribution in [0.4, 0.5) is 0 Å². The summed E-state index contributed by atoms with van der Waals surface area (Å²) in [5.74, 6) is 0.670. The molecule has 0 spiro atoms. The van der Waals surface area contributed by atoms with Gasteiger partial charge in [0.25, 0.3) is 0 Å². The Morgan fingerprint density at radius 1 is 1.50 bits per heavy atom. The summed E-state index contributed by atoms with van der Waals surface area (Å²) in [6, 6.07) is 0. The van der Waals surface area contributed by atoms with Crippen LogP contribution in [0.3, 0.4) is 0 Å². The van der Waals surface area contributed by atoms with E-state index in [2.05, 4.69) is 20.4 Å². The number of unbranched alkanes of at least 4 members (excludes halogenated alkanes) is 1. The number of amides is 1. The van der Waals surface area contributed by atoms with E-state index in [4.69, 9.17) is 0 Å². The Morgan fingerprint density at radius 2 is 2.14 bits per heavy atom. The summed E-state index contributed by atoms with van der Waals surface area (Å²) in [7, 11) is 1.85. The zero-order chi connectivity index (χ0) is 11.0. The maximum Gasteiger partial charge on any atom is 0.245 e. The highest BCUT2D eigenvalue weighted by Gasteiger charge is 2.11. The first-order valence-corrected chi connectivity index (χ1v) is 5.53. The van der Waals surface area contributed by atoms with E-state index in [1.54, 1.807) is 4.90 Å². The summed E-state index contributed by atoms with van der Waals surface area (Å²) < 4.78 is 0. The van der Waals surface area contributed by atoms with E-state index in [0.717, 1.165) is 13.0 Å². The summed E-state index contributed by atoms with van der Waals surface area (Å²) >= 11 is 0. The highest BCUT2D eigenvalue weighted by molar-refractivity contribution is 5.86. The first-order valence-electron chi connectivity index (χ1n) is 5.53. The van der Waals surface area contributed by atoms with Gasteiger partial charge in [-0.05, 0) is 18.4 Å². The molecule has 82 valence electrons. The standard InChI is InChI=1S/C12H23NO/c1-5-8-9-11(6-2)10-13(4)12(14)7-3/h7,11H,3,5-6,8-10H2,1-2,4H3. The van der Waals surface area contributed by atoms with Crippen molar-refractivity contribution >= 4 is 5.91 Å². The third kappa shape index (κ3) is 5.05. The topological polar surface area (TPSA) is 20.3 Å². The van der Waals surface area contributed by atoms with E-state index in [0.29, 0.717) is 5.92 Å². The second-order valence-electron chi connectivity index (χ2n) is 3.84. The second kappa shape index (κ2) is 7.60. The van der Waals surface area contributed by atoms with Crippen molar-refractivity contribution in [1.29, 1.82) is 0 Å². The van der Waals surface area contributed by atoms with E-state index < -0.39 is 0 Å². The van der Waals surface area contributed by atoms with Crippen molar-refractivity contribution in [2.24, 2.45) is 5.92 Å². The van der Waals surface area contributed by atoms with E-state index in [9.17, 15) is 4.79 Å². The van der Waals surface area contributed by atoms with Gasteiger partial charge in [0.1, 0.15) is 0 Å². The fourth-order valence-electron chi connectivity index (χ4n) is 1.55. The molecule has 2 heteroatoms. The molecule has 0 aliphatic heterocycles. The molecule has 0 radical (unpaired) electrons. The highest BCUT2D eigenvalue weighted by atomic mass is 16.2.